The largest absolute Gasteiger partial charge is 0.206 e. The van der Waals surface area contributed by atoms with E-state index in [9.17, 15) is 4.39 Å². The van der Waals surface area contributed by atoms with Crippen molar-refractivity contribution in [3.05, 3.63) is 35.1 Å². The number of aryl methyl sites for hydroxylation is 1. The number of nitrogens with zero attached hydrogens (tertiary/aromatic N) is 3. The molecule has 0 N–H and O–H groups in total. The highest BCUT2D eigenvalue weighted by molar-refractivity contribution is 6.02. The summed E-state index contributed by atoms with van der Waals surface area (Å²) in [6, 6.07) is 4.92. The lowest BCUT2D eigenvalue weighted by Crippen LogP contribution is -2.04. The number of halogens is 1. The average Bonchev–Trinajstić information content (AvgIpc) is 2.61. The molecule has 0 amide bonds. The molecule has 0 aromatic heterocycles. The Labute approximate surface area is 75.0 Å². The molecule has 0 radical (unpaired) electrons. The monoisotopic (exact) mass is 177 g/mol. The van der Waals surface area contributed by atoms with Gasteiger partial charge in [-0.2, -0.15) is 5.11 Å². The second kappa shape index (κ2) is 3.05. The van der Waals surface area contributed by atoms with E-state index >= 15 is 0 Å². The van der Waals surface area contributed by atoms with Crippen LogP contribution < -0.4 is 0 Å². The van der Waals surface area contributed by atoms with Crippen molar-refractivity contribution in [1.29, 1.82) is 0 Å². The molecule has 1 heterocycles. The molecule has 0 spiro atoms. The predicted octanol–water partition coefficient (Wildman–Crippen LogP) is 2.30. The minimum atomic E-state index is -0.267. The summed E-state index contributed by atoms with van der Waals surface area (Å²) in [5.41, 5.74) is 2.11. The molecule has 1 aliphatic rings. The minimum absolute atomic E-state index is 0.267. The van der Waals surface area contributed by atoms with Crippen molar-refractivity contribution >= 4 is 5.71 Å². The second-order valence-electron chi connectivity index (χ2n) is 2.92. The number of benzene rings is 1. The number of hydrogen-bond donors (Lipinski definition) is 0. The third-order valence-corrected chi connectivity index (χ3v) is 1.88. The summed E-state index contributed by atoms with van der Waals surface area (Å²) >= 11 is 0. The van der Waals surface area contributed by atoms with Crippen molar-refractivity contribution in [3.8, 4) is 0 Å². The molecule has 0 aliphatic carbocycles. The van der Waals surface area contributed by atoms with Gasteiger partial charge in [0.05, 0.1) is 5.71 Å². The summed E-state index contributed by atoms with van der Waals surface area (Å²) < 4.78 is 13.3. The smallest absolute Gasteiger partial charge is 0.132 e. The molecule has 3 nitrogen and oxygen atoms in total. The van der Waals surface area contributed by atoms with E-state index < -0.39 is 0 Å². The first-order valence-electron chi connectivity index (χ1n) is 3.97. The number of hydrogen-bond acceptors (Lipinski definition) is 3. The zero-order chi connectivity index (χ0) is 9.26. The van der Waals surface area contributed by atoms with Crippen molar-refractivity contribution in [3.63, 3.8) is 0 Å². The molecule has 4 heteroatoms. The maximum Gasteiger partial charge on any atom is 0.132 e. The van der Waals surface area contributed by atoms with Crippen LogP contribution in [0.2, 0.25) is 0 Å². The average molecular weight is 177 g/mol. The molecule has 1 aliphatic heterocycles. The van der Waals surface area contributed by atoms with Crippen LogP contribution in [0.4, 0.5) is 4.39 Å². The summed E-state index contributed by atoms with van der Waals surface area (Å²) in [6.45, 7) is 2.28. The quantitative estimate of drug-likeness (QED) is 0.631. The van der Waals surface area contributed by atoms with E-state index in [1.54, 1.807) is 12.1 Å². The summed E-state index contributed by atoms with van der Waals surface area (Å²) in [7, 11) is 0. The normalized spacial score (nSPS) is 14.8. The van der Waals surface area contributed by atoms with Crippen LogP contribution in [0.15, 0.2) is 33.6 Å². The van der Waals surface area contributed by atoms with Gasteiger partial charge in [-0.15, -0.1) is 5.10 Å². The van der Waals surface area contributed by atoms with Gasteiger partial charge in [-0.25, -0.2) is 4.39 Å². The van der Waals surface area contributed by atoms with Gasteiger partial charge >= 0.3 is 0 Å². The molecule has 1 aromatic rings. The molecule has 0 atom stereocenters. The third kappa shape index (κ3) is 1.47. The van der Waals surface area contributed by atoms with Crippen molar-refractivity contribution < 1.29 is 4.39 Å². The topological polar surface area (TPSA) is 37.1 Å². The Morgan fingerprint density at radius 2 is 2.23 bits per heavy atom. The fraction of sp³-hybridized carbons (Fsp3) is 0.222. The molecule has 2 rings (SSSR count). The van der Waals surface area contributed by atoms with E-state index in [-0.39, 0.29) is 5.82 Å². The van der Waals surface area contributed by atoms with Gasteiger partial charge in [0.25, 0.3) is 0 Å². The zero-order valence-corrected chi connectivity index (χ0v) is 7.16. The Morgan fingerprint density at radius 1 is 1.38 bits per heavy atom. The summed E-state index contributed by atoms with van der Waals surface area (Å²) in [5.74, 6) is -0.267. The van der Waals surface area contributed by atoms with Crippen LogP contribution in [0.1, 0.15) is 11.1 Å². The standard InChI is InChI=1S/C9H8FN3/c1-6-2-3-8(10)7(4-6)9-5-11-13-12-9/h2-4H,5H2,1H3. The van der Waals surface area contributed by atoms with Crippen molar-refractivity contribution in [1.82, 2.24) is 0 Å². The van der Waals surface area contributed by atoms with Crippen molar-refractivity contribution in [2.24, 2.45) is 15.4 Å². The molecule has 1 aromatic carbocycles. The predicted molar refractivity (Wildman–Crippen MR) is 47.4 cm³/mol. The fourth-order valence-electron chi connectivity index (χ4n) is 1.22. The lowest BCUT2D eigenvalue weighted by molar-refractivity contribution is 0.624. The van der Waals surface area contributed by atoms with Gasteiger partial charge in [0.2, 0.25) is 0 Å². The van der Waals surface area contributed by atoms with Gasteiger partial charge in [0.15, 0.2) is 0 Å². The number of rotatable bonds is 1. The van der Waals surface area contributed by atoms with Crippen LogP contribution in [-0.2, 0) is 0 Å². The molecular formula is C9H8FN3. The molecule has 0 saturated heterocycles. The van der Waals surface area contributed by atoms with Crippen LogP contribution >= 0.6 is 0 Å². The maximum absolute atomic E-state index is 13.3. The van der Waals surface area contributed by atoms with Crippen LogP contribution in [-0.4, -0.2) is 12.3 Å². The minimum Gasteiger partial charge on any atom is -0.206 e. The van der Waals surface area contributed by atoms with Crippen LogP contribution in [0, 0.1) is 12.7 Å². The van der Waals surface area contributed by atoms with E-state index in [0.29, 0.717) is 17.8 Å². The first-order chi connectivity index (χ1) is 6.27. The zero-order valence-electron chi connectivity index (χ0n) is 7.16. The Morgan fingerprint density at radius 3 is 2.92 bits per heavy atom. The van der Waals surface area contributed by atoms with Gasteiger partial charge < -0.3 is 0 Å². The fourth-order valence-corrected chi connectivity index (χ4v) is 1.22. The molecule has 66 valence electrons. The van der Waals surface area contributed by atoms with Crippen molar-refractivity contribution in [2.75, 3.05) is 6.54 Å². The highest BCUT2D eigenvalue weighted by Gasteiger charge is 2.12. The van der Waals surface area contributed by atoms with Gasteiger partial charge in [0.1, 0.15) is 12.4 Å². The van der Waals surface area contributed by atoms with E-state index in [0.717, 1.165) is 5.56 Å². The van der Waals surface area contributed by atoms with E-state index in [2.05, 4.69) is 15.4 Å². The molecular weight excluding hydrogens is 169 g/mol. The van der Waals surface area contributed by atoms with Crippen LogP contribution in [0.3, 0.4) is 0 Å². The SMILES string of the molecule is Cc1ccc(F)c(C2=NN=NC2)c1. The molecule has 0 saturated carbocycles. The van der Waals surface area contributed by atoms with Gasteiger partial charge in [-0.1, -0.05) is 11.6 Å². The first-order valence-corrected chi connectivity index (χ1v) is 3.97. The van der Waals surface area contributed by atoms with Gasteiger partial charge in [0, 0.05) is 5.56 Å². The van der Waals surface area contributed by atoms with E-state index in [4.69, 9.17) is 0 Å². The second-order valence-corrected chi connectivity index (χ2v) is 2.92. The third-order valence-electron chi connectivity index (χ3n) is 1.88. The van der Waals surface area contributed by atoms with Gasteiger partial charge in [-0.05, 0) is 24.3 Å². The highest BCUT2D eigenvalue weighted by Crippen LogP contribution is 2.13. The lowest BCUT2D eigenvalue weighted by Gasteiger charge is -2.01. The Kier molecular flexibility index (Phi) is 1.88. The Hall–Kier alpha value is -1.58. The summed E-state index contributed by atoms with van der Waals surface area (Å²) in [6.07, 6.45) is 0. The molecule has 0 bridgehead atoms. The highest BCUT2D eigenvalue weighted by atomic mass is 19.1. The Bertz CT molecular complexity index is 396. The summed E-state index contributed by atoms with van der Waals surface area (Å²) in [5, 5.41) is 10.9. The van der Waals surface area contributed by atoms with Gasteiger partial charge in [-0.3, -0.25) is 0 Å². The Balaban J connectivity index is 2.45. The molecule has 0 unspecified atom stereocenters. The van der Waals surface area contributed by atoms with Crippen LogP contribution in [0.5, 0.6) is 0 Å². The lowest BCUT2D eigenvalue weighted by atomic mass is 10.1. The van der Waals surface area contributed by atoms with E-state index in [1.807, 2.05) is 6.92 Å². The summed E-state index contributed by atoms with van der Waals surface area (Å²) in [4.78, 5) is 0. The van der Waals surface area contributed by atoms with E-state index in [1.165, 1.54) is 6.07 Å². The molecule has 13 heavy (non-hydrogen) atoms. The van der Waals surface area contributed by atoms with Crippen molar-refractivity contribution in [2.45, 2.75) is 6.92 Å². The first kappa shape index (κ1) is 8.04. The maximum atomic E-state index is 13.3. The van der Waals surface area contributed by atoms with Crippen LogP contribution in [0.25, 0.3) is 0 Å². The molecule has 0 fully saturated rings.